The summed E-state index contributed by atoms with van der Waals surface area (Å²) >= 11 is 1.49. The number of carbonyl (C=O) groups is 2. The highest BCUT2D eigenvalue weighted by atomic mass is 32.2. The molecule has 0 saturated heterocycles. The van der Waals surface area contributed by atoms with Crippen LogP contribution in [-0.4, -0.2) is 56.6 Å². The Morgan fingerprint density at radius 3 is 2.18 bits per heavy atom. The number of sulfonamides is 1. The number of halogens is 1. The molecule has 44 heavy (non-hydrogen) atoms. The van der Waals surface area contributed by atoms with Crippen molar-refractivity contribution in [2.24, 2.45) is 0 Å². The number of carbonyl (C=O) groups excluding carboxylic acids is 2. The monoisotopic (exact) mass is 641 g/mol. The average molecular weight is 642 g/mol. The molecule has 1 aliphatic carbocycles. The number of thioether (sulfide) groups is 1. The van der Waals surface area contributed by atoms with Gasteiger partial charge in [-0.15, -0.1) is 11.8 Å². The van der Waals surface area contributed by atoms with Crippen molar-refractivity contribution >= 4 is 39.3 Å². The van der Waals surface area contributed by atoms with Crippen LogP contribution in [0.4, 0.5) is 10.1 Å². The van der Waals surface area contributed by atoms with Gasteiger partial charge in [0.1, 0.15) is 24.2 Å². The van der Waals surface area contributed by atoms with Gasteiger partial charge in [0.25, 0.3) is 10.0 Å². The number of nitrogens with one attached hydrogen (secondary N) is 1. The zero-order valence-electron chi connectivity index (χ0n) is 25.4. The molecular weight excluding hydrogens is 602 g/mol. The highest BCUT2D eigenvalue weighted by molar-refractivity contribution is 7.98. The van der Waals surface area contributed by atoms with Crippen molar-refractivity contribution in [3.63, 3.8) is 0 Å². The van der Waals surface area contributed by atoms with E-state index in [1.54, 1.807) is 48.5 Å². The maximum absolute atomic E-state index is 14.2. The molecule has 3 aromatic carbocycles. The Hall–Kier alpha value is -3.57. The molecule has 1 atom stereocenters. The number of rotatable bonds is 14. The molecule has 3 aromatic rings. The Kier molecular flexibility index (Phi) is 11.7. The number of anilines is 1. The Labute approximate surface area is 264 Å². The predicted molar refractivity (Wildman–Crippen MR) is 172 cm³/mol. The largest absolute Gasteiger partial charge is 0.494 e. The van der Waals surface area contributed by atoms with Crippen LogP contribution in [0.3, 0.4) is 0 Å². The van der Waals surface area contributed by atoms with E-state index in [0.717, 1.165) is 34.9 Å². The van der Waals surface area contributed by atoms with E-state index in [1.807, 2.05) is 20.1 Å². The summed E-state index contributed by atoms with van der Waals surface area (Å²) in [5, 5.41) is 3.09. The van der Waals surface area contributed by atoms with Crippen LogP contribution in [0.15, 0.2) is 82.6 Å². The van der Waals surface area contributed by atoms with Gasteiger partial charge in [0.2, 0.25) is 11.8 Å². The average Bonchev–Trinajstić information content (AvgIpc) is 3.54. The second kappa shape index (κ2) is 15.4. The number of hydrogen-bond donors (Lipinski definition) is 1. The minimum atomic E-state index is -4.20. The summed E-state index contributed by atoms with van der Waals surface area (Å²) in [5.41, 5.74) is 0.899. The molecule has 2 amide bonds. The van der Waals surface area contributed by atoms with E-state index in [2.05, 4.69) is 5.32 Å². The van der Waals surface area contributed by atoms with Crippen LogP contribution < -0.4 is 14.4 Å². The molecule has 0 bridgehead atoms. The molecule has 1 saturated carbocycles. The molecule has 11 heteroatoms. The molecular formula is C33H40FN3O5S2. The number of nitrogens with zero attached hydrogens (tertiary/aromatic N) is 2. The van der Waals surface area contributed by atoms with E-state index in [1.165, 1.54) is 40.9 Å². The van der Waals surface area contributed by atoms with Crippen LogP contribution >= 0.6 is 11.8 Å². The van der Waals surface area contributed by atoms with E-state index in [4.69, 9.17) is 4.74 Å². The third-order valence-corrected chi connectivity index (χ3v) is 10.2. The van der Waals surface area contributed by atoms with Crippen LogP contribution in [0.2, 0.25) is 0 Å². The molecule has 0 unspecified atom stereocenters. The van der Waals surface area contributed by atoms with Gasteiger partial charge < -0.3 is 15.0 Å². The highest BCUT2D eigenvalue weighted by Crippen LogP contribution is 2.28. The lowest BCUT2D eigenvalue weighted by atomic mass is 10.1. The fraction of sp³-hybridized carbons (Fsp3) is 0.394. The minimum absolute atomic E-state index is 0.00922. The highest BCUT2D eigenvalue weighted by Gasteiger charge is 2.34. The maximum atomic E-state index is 14.2. The van der Waals surface area contributed by atoms with Gasteiger partial charge in [-0.25, -0.2) is 12.8 Å². The van der Waals surface area contributed by atoms with E-state index in [9.17, 15) is 22.4 Å². The Morgan fingerprint density at radius 1 is 0.977 bits per heavy atom. The van der Waals surface area contributed by atoms with Gasteiger partial charge in [-0.3, -0.25) is 13.9 Å². The van der Waals surface area contributed by atoms with Gasteiger partial charge in [0.05, 0.1) is 17.2 Å². The second-order valence-corrected chi connectivity index (χ2v) is 13.4. The first kappa shape index (κ1) is 33.3. The SMILES string of the molecule is CCOc1ccc(N(CC(=O)N(Cc2ccc(F)cc2)[C@@H](CC)C(=O)NC2CCCC2)S(=O)(=O)c2ccc(SC)cc2)cc1. The normalized spacial score (nSPS) is 14.2. The van der Waals surface area contributed by atoms with E-state index >= 15 is 0 Å². The lowest BCUT2D eigenvalue weighted by Gasteiger charge is -2.33. The van der Waals surface area contributed by atoms with Crippen LogP contribution in [0.1, 0.15) is 51.5 Å². The number of ether oxygens (including phenoxy) is 1. The van der Waals surface area contributed by atoms with E-state index in [0.29, 0.717) is 24.3 Å². The zero-order valence-corrected chi connectivity index (χ0v) is 27.0. The van der Waals surface area contributed by atoms with Crippen LogP contribution in [0, 0.1) is 5.82 Å². The molecule has 8 nitrogen and oxygen atoms in total. The molecule has 0 aromatic heterocycles. The van der Waals surface area contributed by atoms with Crippen molar-refractivity contribution < 1.29 is 27.1 Å². The standard InChI is InChI=1S/C33H40FN3O5S2/c1-4-31(33(39)35-26-8-6-7-9-26)36(22-24-10-12-25(34)13-11-24)32(38)23-37(27-14-16-28(17-15-27)42-5-2)44(40,41)30-20-18-29(43-3)19-21-30/h10-21,26,31H,4-9,22-23H2,1-3H3,(H,35,39)/t31-/m0/s1. The summed E-state index contributed by atoms with van der Waals surface area (Å²) in [7, 11) is -4.20. The second-order valence-electron chi connectivity index (χ2n) is 10.7. The summed E-state index contributed by atoms with van der Waals surface area (Å²) in [4.78, 5) is 30.1. The number of hydrogen-bond acceptors (Lipinski definition) is 6. The van der Waals surface area contributed by atoms with Gasteiger partial charge in [0.15, 0.2) is 0 Å². The van der Waals surface area contributed by atoms with Gasteiger partial charge >= 0.3 is 0 Å². The minimum Gasteiger partial charge on any atom is -0.494 e. The summed E-state index contributed by atoms with van der Waals surface area (Å²) in [6, 6.07) is 17.9. The third-order valence-electron chi connectivity index (χ3n) is 7.72. The summed E-state index contributed by atoms with van der Waals surface area (Å²) in [6.07, 6.45) is 6.05. The fourth-order valence-corrected chi connectivity index (χ4v) is 7.17. The summed E-state index contributed by atoms with van der Waals surface area (Å²) < 4.78 is 48.5. The van der Waals surface area contributed by atoms with Gasteiger partial charge in [0, 0.05) is 17.5 Å². The van der Waals surface area contributed by atoms with E-state index in [-0.39, 0.29) is 29.1 Å². The van der Waals surface area contributed by atoms with Crippen molar-refractivity contribution in [3.8, 4) is 5.75 Å². The molecule has 4 rings (SSSR count). The van der Waals surface area contributed by atoms with Crippen molar-refractivity contribution in [1.82, 2.24) is 10.2 Å². The van der Waals surface area contributed by atoms with Crippen LogP contribution in [0.5, 0.6) is 5.75 Å². The lowest BCUT2D eigenvalue weighted by molar-refractivity contribution is -0.140. The maximum Gasteiger partial charge on any atom is 0.264 e. The van der Waals surface area contributed by atoms with Crippen molar-refractivity contribution in [1.29, 1.82) is 0 Å². The number of amides is 2. The summed E-state index contributed by atoms with van der Waals surface area (Å²) in [6.45, 7) is 3.58. The third kappa shape index (κ3) is 8.32. The Morgan fingerprint density at radius 2 is 1.61 bits per heavy atom. The van der Waals surface area contributed by atoms with Crippen LogP contribution in [-0.2, 0) is 26.2 Å². The van der Waals surface area contributed by atoms with Crippen LogP contribution in [0.25, 0.3) is 0 Å². The van der Waals surface area contributed by atoms with Gasteiger partial charge in [-0.05, 0) is 98.7 Å². The first-order chi connectivity index (χ1) is 21.2. The van der Waals surface area contributed by atoms with Crippen molar-refractivity contribution in [3.05, 3.63) is 84.2 Å². The van der Waals surface area contributed by atoms with Crippen molar-refractivity contribution in [2.75, 3.05) is 23.7 Å². The topological polar surface area (TPSA) is 96.0 Å². The molecule has 0 spiro atoms. The quantitative estimate of drug-likeness (QED) is 0.217. The molecule has 0 heterocycles. The zero-order chi connectivity index (χ0) is 31.7. The predicted octanol–water partition coefficient (Wildman–Crippen LogP) is 6.01. The Balaban J connectivity index is 1.71. The summed E-state index contributed by atoms with van der Waals surface area (Å²) in [5.74, 6) is -0.686. The first-order valence-electron chi connectivity index (χ1n) is 14.9. The lowest BCUT2D eigenvalue weighted by Crippen LogP contribution is -2.53. The van der Waals surface area contributed by atoms with Gasteiger partial charge in [-0.1, -0.05) is 31.9 Å². The Bertz CT molecular complexity index is 1490. The number of benzene rings is 3. The fourth-order valence-electron chi connectivity index (χ4n) is 5.35. The molecule has 1 aliphatic rings. The first-order valence-corrected chi connectivity index (χ1v) is 17.6. The molecule has 1 fully saturated rings. The molecule has 1 N–H and O–H groups in total. The molecule has 236 valence electrons. The van der Waals surface area contributed by atoms with Gasteiger partial charge in [-0.2, -0.15) is 0 Å². The van der Waals surface area contributed by atoms with E-state index < -0.39 is 34.3 Å². The molecule has 0 aliphatic heterocycles. The van der Waals surface area contributed by atoms with Crippen molar-refractivity contribution in [2.45, 2.75) is 74.4 Å². The molecule has 0 radical (unpaired) electrons. The smallest absolute Gasteiger partial charge is 0.264 e.